The molecule has 6 nitrogen and oxygen atoms in total. The van der Waals surface area contributed by atoms with Crippen LogP contribution in [-0.2, 0) is 16.2 Å². The summed E-state index contributed by atoms with van der Waals surface area (Å²) in [5.41, 5.74) is -1.32. The van der Waals surface area contributed by atoms with E-state index in [2.05, 4.69) is 21.0 Å². The van der Waals surface area contributed by atoms with Gasteiger partial charge in [0.2, 0.25) is 0 Å². The van der Waals surface area contributed by atoms with Crippen molar-refractivity contribution in [3.05, 3.63) is 76.0 Å². The van der Waals surface area contributed by atoms with Crippen LogP contribution in [0.5, 0.6) is 0 Å². The summed E-state index contributed by atoms with van der Waals surface area (Å²) in [4.78, 5) is 12.3. The summed E-state index contributed by atoms with van der Waals surface area (Å²) in [7, 11) is -4.21. The number of aryl methyl sites for hydroxylation is 1. The third-order valence-electron chi connectivity index (χ3n) is 3.91. The van der Waals surface area contributed by atoms with E-state index in [4.69, 9.17) is 0 Å². The number of aromatic nitrogens is 2. The van der Waals surface area contributed by atoms with E-state index in [0.717, 1.165) is 10.7 Å². The number of benzene rings is 2. The summed E-state index contributed by atoms with van der Waals surface area (Å²) >= 11 is 3.09. The average Bonchev–Trinajstić information content (AvgIpc) is 3.03. The molecule has 29 heavy (non-hydrogen) atoms. The number of carbonyl (C=O) groups is 1. The number of sulfonamides is 1. The van der Waals surface area contributed by atoms with Crippen LogP contribution in [0.4, 0.5) is 13.2 Å². The Morgan fingerprint density at radius 1 is 1.10 bits per heavy atom. The van der Waals surface area contributed by atoms with Gasteiger partial charge in [0.15, 0.2) is 5.69 Å². The van der Waals surface area contributed by atoms with Crippen molar-refractivity contribution in [1.82, 2.24) is 14.5 Å². The third-order valence-corrected chi connectivity index (χ3v) is 6.25. The molecular formula is C18H13BrF3N3O3S. The van der Waals surface area contributed by atoms with E-state index in [1.807, 2.05) is 4.72 Å². The van der Waals surface area contributed by atoms with Crippen molar-refractivity contribution in [3.63, 3.8) is 0 Å². The minimum atomic E-state index is -4.62. The molecule has 3 rings (SSSR count). The summed E-state index contributed by atoms with van der Waals surface area (Å²) in [5.74, 6) is -1.06. The van der Waals surface area contributed by atoms with Crippen LogP contribution in [0.15, 0.2) is 64.0 Å². The lowest BCUT2D eigenvalue weighted by atomic mass is 10.1. The summed E-state index contributed by atoms with van der Waals surface area (Å²) in [5, 5.41) is 3.88. The van der Waals surface area contributed by atoms with E-state index in [1.54, 1.807) is 6.07 Å². The van der Waals surface area contributed by atoms with Crippen molar-refractivity contribution < 1.29 is 26.4 Å². The second kappa shape index (κ2) is 7.64. The number of nitrogens with one attached hydrogen (secondary N) is 1. The van der Waals surface area contributed by atoms with Crippen molar-refractivity contribution in [2.75, 3.05) is 0 Å². The van der Waals surface area contributed by atoms with Gasteiger partial charge in [-0.15, -0.1) is 0 Å². The summed E-state index contributed by atoms with van der Waals surface area (Å²) in [6.07, 6.45) is -4.62. The molecule has 0 bridgehead atoms. The van der Waals surface area contributed by atoms with E-state index in [-0.39, 0.29) is 26.4 Å². The van der Waals surface area contributed by atoms with Crippen LogP contribution in [0.3, 0.4) is 0 Å². The first-order valence-corrected chi connectivity index (χ1v) is 10.3. The first-order chi connectivity index (χ1) is 13.5. The SMILES string of the molecule is Cc1cc(C(=O)NS(=O)(=O)c2ccccc2Br)nn1-c1ccccc1C(F)(F)F. The molecule has 0 fully saturated rings. The second-order valence-corrected chi connectivity index (χ2v) is 8.47. The molecule has 1 N–H and O–H groups in total. The van der Waals surface area contributed by atoms with E-state index >= 15 is 0 Å². The quantitative estimate of drug-likeness (QED) is 0.601. The van der Waals surface area contributed by atoms with E-state index in [1.165, 1.54) is 49.4 Å². The lowest BCUT2D eigenvalue weighted by Gasteiger charge is -2.13. The molecule has 0 aliphatic carbocycles. The Morgan fingerprint density at radius 2 is 1.72 bits per heavy atom. The van der Waals surface area contributed by atoms with Gasteiger partial charge >= 0.3 is 6.18 Å². The number of amides is 1. The fourth-order valence-corrected chi connectivity index (χ4v) is 4.58. The first-order valence-electron chi connectivity index (χ1n) is 8.05. The number of nitrogens with zero attached hydrogens (tertiary/aromatic N) is 2. The molecule has 0 aliphatic rings. The molecule has 1 heterocycles. The van der Waals surface area contributed by atoms with Crippen molar-refractivity contribution in [1.29, 1.82) is 0 Å². The van der Waals surface area contributed by atoms with Gasteiger partial charge in [-0.05, 0) is 53.2 Å². The standard InChI is InChI=1S/C18H13BrF3N3O3S/c1-11-10-14(17(26)24-29(27,28)16-9-5-3-7-13(16)19)23-25(11)15-8-4-2-6-12(15)18(20,21)22/h2-10H,1H3,(H,24,26). The number of carbonyl (C=O) groups excluding carboxylic acids is 1. The molecule has 0 saturated heterocycles. The Hall–Kier alpha value is -2.66. The molecule has 0 atom stereocenters. The number of hydrogen-bond acceptors (Lipinski definition) is 4. The summed E-state index contributed by atoms with van der Waals surface area (Å²) in [6, 6.07) is 11.8. The number of para-hydroxylation sites is 1. The minimum absolute atomic E-state index is 0.160. The van der Waals surface area contributed by atoms with Gasteiger partial charge in [-0.25, -0.2) is 17.8 Å². The first kappa shape index (κ1) is 21.1. The lowest BCUT2D eigenvalue weighted by molar-refractivity contribution is -0.137. The van der Waals surface area contributed by atoms with Crippen LogP contribution < -0.4 is 4.72 Å². The molecule has 1 aromatic heterocycles. The van der Waals surface area contributed by atoms with Crippen LogP contribution in [0, 0.1) is 6.92 Å². The van der Waals surface area contributed by atoms with Gasteiger partial charge in [0.05, 0.1) is 11.3 Å². The zero-order valence-corrected chi connectivity index (χ0v) is 17.1. The maximum Gasteiger partial charge on any atom is 0.418 e. The zero-order chi connectivity index (χ0) is 21.4. The molecular weight excluding hydrogens is 475 g/mol. The highest BCUT2D eigenvalue weighted by Crippen LogP contribution is 2.34. The van der Waals surface area contributed by atoms with Crippen LogP contribution >= 0.6 is 15.9 Å². The molecule has 11 heteroatoms. The monoisotopic (exact) mass is 487 g/mol. The maximum absolute atomic E-state index is 13.3. The molecule has 152 valence electrons. The molecule has 1 amide bonds. The lowest BCUT2D eigenvalue weighted by Crippen LogP contribution is -2.31. The summed E-state index contributed by atoms with van der Waals surface area (Å²) in [6.45, 7) is 1.46. The molecule has 3 aromatic rings. The highest BCUT2D eigenvalue weighted by atomic mass is 79.9. The second-order valence-electron chi connectivity index (χ2n) is 5.96. The largest absolute Gasteiger partial charge is 0.418 e. The van der Waals surface area contributed by atoms with Crippen molar-refractivity contribution in [3.8, 4) is 5.69 Å². The van der Waals surface area contributed by atoms with Crippen molar-refractivity contribution in [2.45, 2.75) is 18.0 Å². The molecule has 0 unspecified atom stereocenters. The Bertz CT molecular complexity index is 1190. The van der Waals surface area contributed by atoms with E-state index in [9.17, 15) is 26.4 Å². The van der Waals surface area contributed by atoms with Crippen LogP contribution in [0.2, 0.25) is 0 Å². The molecule has 0 aliphatic heterocycles. The molecule has 0 saturated carbocycles. The van der Waals surface area contributed by atoms with Crippen molar-refractivity contribution in [2.24, 2.45) is 0 Å². The average molecular weight is 488 g/mol. The highest BCUT2D eigenvalue weighted by Gasteiger charge is 2.34. The number of hydrogen-bond donors (Lipinski definition) is 1. The predicted octanol–water partition coefficient (Wildman–Crippen LogP) is 4.08. The van der Waals surface area contributed by atoms with Gasteiger partial charge in [-0.3, -0.25) is 4.79 Å². The van der Waals surface area contributed by atoms with Gasteiger partial charge < -0.3 is 0 Å². The Balaban J connectivity index is 1.96. The Kier molecular flexibility index (Phi) is 5.54. The smallest absolute Gasteiger partial charge is 0.266 e. The fraction of sp³-hybridized carbons (Fsp3) is 0.111. The Labute approximate surface area is 172 Å². The fourth-order valence-electron chi connectivity index (χ4n) is 2.62. The number of rotatable bonds is 4. The van der Waals surface area contributed by atoms with Gasteiger partial charge in [0, 0.05) is 10.2 Å². The number of alkyl halides is 3. The highest BCUT2D eigenvalue weighted by molar-refractivity contribution is 9.10. The molecule has 0 spiro atoms. The van der Waals surface area contributed by atoms with E-state index in [0.29, 0.717) is 0 Å². The van der Waals surface area contributed by atoms with Crippen molar-refractivity contribution >= 4 is 31.9 Å². The summed E-state index contributed by atoms with van der Waals surface area (Å²) < 4.78 is 67.8. The zero-order valence-electron chi connectivity index (χ0n) is 14.7. The normalized spacial score (nSPS) is 12.0. The van der Waals surface area contributed by atoms with Gasteiger partial charge in [-0.2, -0.15) is 18.3 Å². The third kappa shape index (κ3) is 4.35. The minimum Gasteiger partial charge on any atom is -0.266 e. The van der Waals surface area contributed by atoms with Gasteiger partial charge in [-0.1, -0.05) is 24.3 Å². The number of halogens is 4. The Morgan fingerprint density at radius 3 is 2.38 bits per heavy atom. The predicted molar refractivity (Wildman–Crippen MR) is 102 cm³/mol. The topological polar surface area (TPSA) is 81.1 Å². The van der Waals surface area contributed by atoms with Crippen LogP contribution in [-0.4, -0.2) is 24.1 Å². The van der Waals surface area contributed by atoms with Crippen LogP contribution in [0.25, 0.3) is 5.69 Å². The molecule has 2 aromatic carbocycles. The van der Waals surface area contributed by atoms with Gasteiger partial charge in [0.1, 0.15) is 4.90 Å². The van der Waals surface area contributed by atoms with Crippen LogP contribution in [0.1, 0.15) is 21.7 Å². The maximum atomic E-state index is 13.3. The van der Waals surface area contributed by atoms with E-state index < -0.39 is 27.7 Å². The molecule has 0 radical (unpaired) electrons. The van der Waals surface area contributed by atoms with Gasteiger partial charge in [0.25, 0.3) is 15.9 Å².